The molecule has 5 nitrogen and oxygen atoms in total. The average molecular weight is 294 g/mol. The van der Waals surface area contributed by atoms with Crippen LogP contribution in [0.1, 0.15) is 5.56 Å². The van der Waals surface area contributed by atoms with Crippen molar-refractivity contribution in [2.75, 3.05) is 7.11 Å². The Morgan fingerprint density at radius 2 is 2.10 bits per heavy atom. The summed E-state index contributed by atoms with van der Waals surface area (Å²) in [6.45, 7) is 0. The molecule has 0 saturated carbocycles. The van der Waals surface area contributed by atoms with Crippen molar-refractivity contribution in [2.24, 2.45) is 0 Å². The van der Waals surface area contributed by atoms with E-state index in [1.807, 2.05) is 0 Å². The monoisotopic (exact) mass is 293 g/mol. The first kappa shape index (κ1) is 14.1. The highest BCUT2D eigenvalue weighted by Gasteiger charge is 2.10. The number of aromatic nitrogens is 1. The van der Waals surface area contributed by atoms with E-state index in [0.717, 1.165) is 0 Å². The Morgan fingerprint density at radius 1 is 1.35 bits per heavy atom. The van der Waals surface area contributed by atoms with Crippen LogP contribution in [0.4, 0.5) is 0 Å². The maximum absolute atomic E-state index is 11.8. The SMILES string of the molecule is COc1ccc(Cl)cc1-c1ccc(CC(=O)O)c(=O)[nH]1. The molecule has 0 atom stereocenters. The lowest BCUT2D eigenvalue weighted by molar-refractivity contribution is -0.136. The standard InChI is InChI=1S/C14H12ClNO4/c1-20-12-5-3-9(15)7-10(12)11-4-2-8(6-13(17)18)14(19)16-11/h2-5,7H,6H2,1H3,(H,16,19)(H,17,18). The zero-order valence-corrected chi connectivity index (χ0v) is 11.4. The van der Waals surface area contributed by atoms with Gasteiger partial charge in [-0.2, -0.15) is 0 Å². The number of hydrogen-bond donors (Lipinski definition) is 2. The summed E-state index contributed by atoms with van der Waals surface area (Å²) in [5, 5.41) is 9.22. The Balaban J connectivity index is 2.49. The molecule has 20 heavy (non-hydrogen) atoms. The average Bonchev–Trinajstić information content (AvgIpc) is 2.40. The van der Waals surface area contributed by atoms with Crippen molar-refractivity contribution in [2.45, 2.75) is 6.42 Å². The van der Waals surface area contributed by atoms with Crippen molar-refractivity contribution in [3.8, 4) is 17.0 Å². The van der Waals surface area contributed by atoms with Gasteiger partial charge in [0.1, 0.15) is 5.75 Å². The summed E-state index contributed by atoms with van der Waals surface area (Å²) < 4.78 is 5.21. The van der Waals surface area contributed by atoms with Crippen LogP contribution in [0.3, 0.4) is 0 Å². The van der Waals surface area contributed by atoms with Gasteiger partial charge in [0.15, 0.2) is 0 Å². The minimum Gasteiger partial charge on any atom is -0.496 e. The van der Waals surface area contributed by atoms with E-state index in [4.69, 9.17) is 21.4 Å². The fourth-order valence-corrected chi connectivity index (χ4v) is 2.03. The van der Waals surface area contributed by atoms with Crippen LogP contribution in [0.25, 0.3) is 11.3 Å². The molecule has 0 aliphatic rings. The van der Waals surface area contributed by atoms with Crippen LogP contribution in [0.2, 0.25) is 5.02 Å². The molecule has 1 aromatic heterocycles. The fourth-order valence-electron chi connectivity index (χ4n) is 1.85. The molecule has 6 heteroatoms. The molecule has 0 fully saturated rings. The van der Waals surface area contributed by atoms with E-state index in [1.54, 1.807) is 24.3 Å². The zero-order valence-electron chi connectivity index (χ0n) is 10.6. The third kappa shape index (κ3) is 3.00. The summed E-state index contributed by atoms with van der Waals surface area (Å²) in [4.78, 5) is 25.1. The Morgan fingerprint density at radius 3 is 2.70 bits per heavy atom. The third-order valence-electron chi connectivity index (χ3n) is 2.78. The van der Waals surface area contributed by atoms with Gasteiger partial charge in [-0.05, 0) is 24.3 Å². The number of carbonyl (C=O) groups is 1. The second-order valence-corrected chi connectivity index (χ2v) is 4.58. The van der Waals surface area contributed by atoms with Gasteiger partial charge in [0.25, 0.3) is 5.56 Å². The molecule has 0 aliphatic carbocycles. The lowest BCUT2D eigenvalue weighted by atomic mass is 10.1. The molecule has 0 unspecified atom stereocenters. The minimum absolute atomic E-state index is 0.197. The van der Waals surface area contributed by atoms with Gasteiger partial charge >= 0.3 is 5.97 Å². The molecule has 2 N–H and O–H groups in total. The Hall–Kier alpha value is -2.27. The number of aliphatic carboxylic acids is 1. The van der Waals surface area contributed by atoms with Crippen molar-refractivity contribution in [3.05, 3.63) is 51.3 Å². The number of halogens is 1. The number of benzene rings is 1. The minimum atomic E-state index is -1.05. The number of aromatic amines is 1. The first-order valence-electron chi connectivity index (χ1n) is 5.79. The molecule has 0 amide bonds. The Bertz CT molecular complexity index is 709. The van der Waals surface area contributed by atoms with Crippen LogP contribution >= 0.6 is 11.6 Å². The van der Waals surface area contributed by atoms with Crippen LogP contribution in [-0.2, 0) is 11.2 Å². The van der Waals surface area contributed by atoms with Crippen molar-refractivity contribution in [1.82, 2.24) is 4.98 Å². The molecule has 1 aromatic carbocycles. The molecule has 0 bridgehead atoms. The zero-order chi connectivity index (χ0) is 14.7. The predicted molar refractivity (Wildman–Crippen MR) is 75.4 cm³/mol. The first-order valence-corrected chi connectivity index (χ1v) is 6.17. The molecular formula is C14H12ClNO4. The lowest BCUT2D eigenvalue weighted by Crippen LogP contribution is -2.16. The summed E-state index contributed by atoms with van der Waals surface area (Å²) in [6, 6.07) is 8.17. The topological polar surface area (TPSA) is 79.4 Å². The molecule has 0 spiro atoms. The van der Waals surface area contributed by atoms with Gasteiger partial charge in [-0.1, -0.05) is 17.7 Å². The molecule has 1 heterocycles. The Labute approximate surface area is 119 Å². The molecule has 2 rings (SSSR count). The molecular weight excluding hydrogens is 282 g/mol. The molecule has 0 saturated heterocycles. The van der Waals surface area contributed by atoms with Gasteiger partial charge < -0.3 is 14.8 Å². The van der Waals surface area contributed by atoms with Crippen LogP contribution < -0.4 is 10.3 Å². The van der Waals surface area contributed by atoms with Crippen molar-refractivity contribution >= 4 is 17.6 Å². The number of nitrogens with one attached hydrogen (secondary N) is 1. The van der Waals surface area contributed by atoms with E-state index in [2.05, 4.69) is 4.98 Å². The number of hydrogen-bond acceptors (Lipinski definition) is 3. The number of ether oxygens (including phenoxy) is 1. The fraction of sp³-hybridized carbons (Fsp3) is 0.143. The highest BCUT2D eigenvalue weighted by molar-refractivity contribution is 6.30. The molecule has 0 radical (unpaired) electrons. The van der Waals surface area contributed by atoms with Gasteiger partial charge in [0.2, 0.25) is 0 Å². The number of H-pyrrole nitrogens is 1. The van der Waals surface area contributed by atoms with E-state index in [1.165, 1.54) is 13.2 Å². The number of carboxylic acid groups (broad SMARTS) is 1. The van der Waals surface area contributed by atoms with Crippen LogP contribution in [0.15, 0.2) is 35.1 Å². The summed E-state index contributed by atoms with van der Waals surface area (Å²) >= 11 is 5.94. The summed E-state index contributed by atoms with van der Waals surface area (Å²) in [5.41, 5.74) is 0.914. The maximum Gasteiger partial charge on any atom is 0.308 e. The second kappa shape index (κ2) is 5.79. The van der Waals surface area contributed by atoms with Crippen LogP contribution in [0, 0.1) is 0 Å². The third-order valence-corrected chi connectivity index (χ3v) is 3.02. The van der Waals surface area contributed by atoms with Crippen molar-refractivity contribution < 1.29 is 14.6 Å². The van der Waals surface area contributed by atoms with E-state index in [9.17, 15) is 9.59 Å². The lowest BCUT2D eigenvalue weighted by Gasteiger charge is -2.09. The van der Waals surface area contributed by atoms with Gasteiger partial charge in [-0.3, -0.25) is 9.59 Å². The van der Waals surface area contributed by atoms with E-state index < -0.39 is 11.5 Å². The molecule has 0 aliphatic heterocycles. The second-order valence-electron chi connectivity index (χ2n) is 4.14. The number of pyridine rings is 1. The van der Waals surface area contributed by atoms with Crippen molar-refractivity contribution in [3.63, 3.8) is 0 Å². The van der Waals surface area contributed by atoms with Crippen LogP contribution in [-0.4, -0.2) is 23.2 Å². The number of carboxylic acids is 1. The quantitative estimate of drug-likeness (QED) is 0.907. The van der Waals surface area contributed by atoms with Gasteiger partial charge in [-0.15, -0.1) is 0 Å². The van der Waals surface area contributed by atoms with Gasteiger partial charge in [0.05, 0.1) is 19.2 Å². The number of methoxy groups -OCH3 is 1. The van der Waals surface area contributed by atoms with Crippen LogP contribution in [0.5, 0.6) is 5.75 Å². The highest BCUT2D eigenvalue weighted by Crippen LogP contribution is 2.30. The normalized spacial score (nSPS) is 10.3. The maximum atomic E-state index is 11.8. The summed E-state index contributed by atoms with van der Waals surface area (Å²) in [7, 11) is 1.52. The van der Waals surface area contributed by atoms with Crippen molar-refractivity contribution in [1.29, 1.82) is 0 Å². The predicted octanol–water partition coefficient (Wildman–Crippen LogP) is 2.33. The summed E-state index contributed by atoms with van der Waals surface area (Å²) in [6.07, 6.45) is -0.317. The van der Waals surface area contributed by atoms with E-state index in [0.29, 0.717) is 22.0 Å². The van der Waals surface area contributed by atoms with Gasteiger partial charge in [-0.25, -0.2) is 0 Å². The summed E-state index contributed by atoms with van der Waals surface area (Å²) in [5.74, 6) is -0.486. The smallest absolute Gasteiger partial charge is 0.308 e. The van der Waals surface area contributed by atoms with Gasteiger partial charge in [0, 0.05) is 16.1 Å². The van der Waals surface area contributed by atoms with E-state index in [-0.39, 0.29) is 12.0 Å². The number of rotatable bonds is 4. The molecule has 2 aromatic rings. The van der Waals surface area contributed by atoms with E-state index >= 15 is 0 Å². The molecule has 104 valence electrons. The first-order chi connectivity index (χ1) is 9.51. The Kier molecular flexibility index (Phi) is 4.10. The largest absolute Gasteiger partial charge is 0.496 e. The highest BCUT2D eigenvalue weighted by atomic mass is 35.5.